The smallest absolute Gasteiger partial charge is 0.240 e. The first-order valence-electron chi connectivity index (χ1n) is 10.7. The summed E-state index contributed by atoms with van der Waals surface area (Å²) in [5, 5.41) is 7.31. The lowest BCUT2D eigenvalue weighted by molar-refractivity contribution is -0.124. The van der Waals surface area contributed by atoms with Gasteiger partial charge in [-0.3, -0.25) is 19.2 Å². The monoisotopic (exact) mass is 532 g/mol. The molecule has 0 aliphatic carbocycles. The molecule has 0 saturated carbocycles. The molecule has 2 heterocycles. The van der Waals surface area contributed by atoms with Gasteiger partial charge in [0.2, 0.25) is 11.8 Å². The quantitative estimate of drug-likeness (QED) is 0.518. The lowest BCUT2D eigenvalue weighted by atomic mass is 10.0. The molecule has 1 aromatic heterocycles. The average Bonchev–Trinajstić information content (AvgIpc) is 3.07. The van der Waals surface area contributed by atoms with Gasteiger partial charge >= 0.3 is 0 Å². The fourth-order valence-electron chi connectivity index (χ4n) is 3.98. The molecule has 1 N–H and O–H groups in total. The maximum absolute atomic E-state index is 13.7. The number of carbonyl (C=O) groups is 2. The van der Waals surface area contributed by atoms with Crippen molar-refractivity contribution >= 4 is 33.6 Å². The minimum Gasteiger partial charge on any atom is -0.488 e. The van der Waals surface area contributed by atoms with Gasteiger partial charge in [-0.25, -0.2) is 8.78 Å². The topological polar surface area (TPSA) is 76.5 Å². The van der Waals surface area contributed by atoms with E-state index in [1.54, 1.807) is 11.7 Å². The first-order valence-corrected chi connectivity index (χ1v) is 11.4. The lowest BCUT2D eigenvalue weighted by Crippen LogP contribution is -2.44. The van der Waals surface area contributed by atoms with E-state index in [1.165, 1.54) is 4.90 Å². The normalized spacial score (nSPS) is 12.1. The number of ether oxygens (including phenoxy) is 1. The summed E-state index contributed by atoms with van der Waals surface area (Å²) in [5.74, 6) is -1.52. The molecule has 1 aliphatic heterocycles. The van der Waals surface area contributed by atoms with Gasteiger partial charge in [0.05, 0.1) is 17.7 Å². The second-order valence-electron chi connectivity index (χ2n) is 8.36. The number of hydrogen-bond acceptors (Lipinski definition) is 4. The van der Waals surface area contributed by atoms with Gasteiger partial charge in [0.15, 0.2) is 5.82 Å². The number of amides is 2. The van der Waals surface area contributed by atoms with E-state index in [0.717, 1.165) is 33.9 Å². The van der Waals surface area contributed by atoms with Crippen LogP contribution in [-0.4, -0.2) is 34.2 Å². The Balaban J connectivity index is 1.75. The largest absolute Gasteiger partial charge is 0.488 e. The predicted molar refractivity (Wildman–Crippen MR) is 126 cm³/mol. The van der Waals surface area contributed by atoms with Crippen LogP contribution in [0.25, 0.3) is 11.3 Å². The van der Waals surface area contributed by atoms with E-state index < -0.39 is 17.5 Å². The van der Waals surface area contributed by atoms with E-state index in [2.05, 4.69) is 26.3 Å². The highest BCUT2D eigenvalue weighted by Gasteiger charge is 2.31. The second-order valence-corrected chi connectivity index (χ2v) is 9.28. The number of nitrogens with one attached hydrogen (secondary N) is 1. The molecule has 0 saturated heterocycles. The molecule has 1 aliphatic rings. The molecule has 0 radical (unpaired) electrons. The number of aromatic nitrogens is 2. The van der Waals surface area contributed by atoms with E-state index in [4.69, 9.17) is 4.74 Å². The predicted octanol–water partition coefficient (Wildman–Crippen LogP) is 4.12. The van der Waals surface area contributed by atoms with Crippen molar-refractivity contribution in [1.29, 1.82) is 0 Å². The summed E-state index contributed by atoms with van der Waals surface area (Å²) in [6.07, 6.45) is -0.308. The first kappa shape index (κ1) is 23.9. The summed E-state index contributed by atoms with van der Waals surface area (Å²) in [6.45, 7) is 3.47. The summed E-state index contributed by atoms with van der Waals surface area (Å²) >= 11 is 3.47. The molecular weight excluding hydrogens is 510 g/mol. The van der Waals surface area contributed by atoms with Gasteiger partial charge < -0.3 is 10.1 Å². The van der Waals surface area contributed by atoms with Crippen LogP contribution in [0.1, 0.15) is 25.0 Å². The second kappa shape index (κ2) is 9.54. The summed E-state index contributed by atoms with van der Waals surface area (Å²) in [7, 11) is 1.75. The van der Waals surface area contributed by atoms with Crippen LogP contribution in [0.3, 0.4) is 0 Å². The van der Waals surface area contributed by atoms with Crippen LogP contribution in [0, 0.1) is 11.6 Å². The fraction of sp³-hybridized carbons (Fsp3) is 0.292. The molecule has 0 unspecified atom stereocenters. The van der Waals surface area contributed by atoms with Crippen molar-refractivity contribution in [2.24, 2.45) is 7.05 Å². The molecule has 34 heavy (non-hydrogen) atoms. The molecule has 2 aromatic carbocycles. The van der Waals surface area contributed by atoms with Crippen LogP contribution in [0.4, 0.5) is 14.6 Å². The van der Waals surface area contributed by atoms with Gasteiger partial charge in [0.1, 0.15) is 30.5 Å². The van der Waals surface area contributed by atoms with E-state index in [1.807, 2.05) is 32.0 Å². The Morgan fingerprint density at radius 2 is 1.91 bits per heavy atom. The zero-order valence-electron chi connectivity index (χ0n) is 18.9. The summed E-state index contributed by atoms with van der Waals surface area (Å²) in [6, 6.07) is 8.40. The minimum absolute atomic E-state index is 0.132. The summed E-state index contributed by atoms with van der Waals surface area (Å²) in [4.78, 5) is 27.2. The standard InChI is InChI=1S/C24H23BrF2N4O3/c1-13(2)28-21(32)11-31(22(33)8-14-6-16(26)10-17(27)7-14)24-19-12-34-20-5-4-15(25)9-18(20)23(19)30(3)29-24/h4-7,9-10,13H,8,11-12H2,1-3H3,(H,28,32). The Bertz CT molecular complexity index is 1260. The maximum atomic E-state index is 13.7. The molecule has 0 spiro atoms. The summed E-state index contributed by atoms with van der Waals surface area (Å²) in [5.41, 5.74) is 2.36. The van der Waals surface area contributed by atoms with E-state index in [-0.39, 0.29) is 42.9 Å². The Hall–Kier alpha value is -3.27. The number of anilines is 1. The van der Waals surface area contributed by atoms with Gasteiger partial charge in [-0.15, -0.1) is 0 Å². The number of carbonyl (C=O) groups excluding carboxylic acids is 2. The Kier molecular flexibility index (Phi) is 6.70. The molecule has 0 atom stereocenters. The van der Waals surface area contributed by atoms with E-state index >= 15 is 0 Å². The number of nitrogens with zero attached hydrogens (tertiary/aromatic N) is 3. The number of aryl methyl sites for hydroxylation is 1. The fourth-order valence-corrected chi connectivity index (χ4v) is 4.34. The molecule has 3 aromatic rings. The Labute approximate surface area is 203 Å². The van der Waals surface area contributed by atoms with Crippen molar-refractivity contribution < 1.29 is 23.1 Å². The Morgan fingerprint density at radius 1 is 1.21 bits per heavy atom. The number of fused-ring (bicyclic) bond motifs is 3. The van der Waals surface area contributed by atoms with Crippen LogP contribution in [0.5, 0.6) is 5.75 Å². The third-order valence-corrected chi connectivity index (χ3v) is 5.77. The van der Waals surface area contributed by atoms with Gasteiger partial charge in [-0.2, -0.15) is 5.10 Å². The van der Waals surface area contributed by atoms with Crippen molar-refractivity contribution in [2.75, 3.05) is 11.4 Å². The number of halogens is 3. The van der Waals surface area contributed by atoms with Gasteiger partial charge in [0, 0.05) is 29.2 Å². The zero-order chi connectivity index (χ0) is 24.6. The van der Waals surface area contributed by atoms with Crippen molar-refractivity contribution in [3.8, 4) is 17.0 Å². The lowest BCUT2D eigenvalue weighted by Gasteiger charge is -2.24. The van der Waals surface area contributed by atoms with Crippen LogP contribution in [0.2, 0.25) is 0 Å². The van der Waals surface area contributed by atoms with Gasteiger partial charge in [0.25, 0.3) is 0 Å². The van der Waals surface area contributed by atoms with Crippen LogP contribution in [0.15, 0.2) is 40.9 Å². The Morgan fingerprint density at radius 3 is 2.59 bits per heavy atom. The molecule has 0 fully saturated rings. The molecule has 4 rings (SSSR count). The van der Waals surface area contributed by atoms with Crippen molar-refractivity contribution in [3.63, 3.8) is 0 Å². The molecule has 178 valence electrons. The highest BCUT2D eigenvalue weighted by Crippen LogP contribution is 2.42. The third kappa shape index (κ3) is 4.96. The molecule has 10 heteroatoms. The first-order chi connectivity index (χ1) is 16.1. The van der Waals surface area contributed by atoms with E-state index in [9.17, 15) is 18.4 Å². The van der Waals surface area contributed by atoms with Crippen molar-refractivity contribution in [1.82, 2.24) is 15.1 Å². The van der Waals surface area contributed by atoms with Crippen LogP contribution in [-0.2, 0) is 29.7 Å². The highest BCUT2D eigenvalue weighted by atomic mass is 79.9. The highest BCUT2D eigenvalue weighted by molar-refractivity contribution is 9.10. The number of rotatable bonds is 6. The third-order valence-electron chi connectivity index (χ3n) is 5.28. The minimum atomic E-state index is -0.780. The average molecular weight is 533 g/mol. The molecular formula is C24H23BrF2N4O3. The van der Waals surface area contributed by atoms with Crippen molar-refractivity contribution in [2.45, 2.75) is 32.9 Å². The molecule has 0 bridgehead atoms. The van der Waals surface area contributed by atoms with Gasteiger partial charge in [-0.05, 0) is 49.7 Å². The van der Waals surface area contributed by atoms with Crippen LogP contribution < -0.4 is 15.0 Å². The summed E-state index contributed by atoms with van der Waals surface area (Å²) < 4.78 is 35.8. The number of hydrogen-bond donors (Lipinski definition) is 1. The van der Waals surface area contributed by atoms with E-state index in [0.29, 0.717) is 11.3 Å². The number of benzene rings is 2. The van der Waals surface area contributed by atoms with Crippen molar-refractivity contribution in [3.05, 3.63) is 63.6 Å². The van der Waals surface area contributed by atoms with Crippen LogP contribution >= 0.6 is 15.9 Å². The molecule has 2 amide bonds. The SMILES string of the molecule is CC(C)NC(=O)CN(C(=O)Cc1cc(F)cc(F)c1)c1nn(C)c2c1COc1ccc(Br)cc1-2. The molecule has 7 nitrogen and oxygen atoms in total. The van der Waals surface area contributed by atoms with Gasteiger partial charge in [-0.1, -0.05) is 15.9 Å². The zero-order valence-corrected chi connectivity index (χ0v) is 20.4. The maximum Gasteiger partial charge on any atom is 0.240 e.